The van der Waals surface area contributed by atoms with E-state index in [-0.39, 0.29) is 0 Å². The van der Waals surface area contributed by atoms with E-state index in [0.717, 1.165) is 16.8 Å². The van der Waals surface area contributed by atoms with Gasteiger partial charge in [-0.3, -0.25) is 4.79 Å². The lowest BCUT2D eigenvalue weighted by atomic mass is 9.90. The first kappa shape index (κ1) is 17.1. The number of hydrogen-bond acceptors (Lipinski definition) is 2. The van der Waals surface area contributed by atoms with Crippen molar-refractivity contribution >= 4 is 11.7 Å². The van der Waals surface area contributed by atoms with Gasteiger partial charge in [-0.15, -0.1) is 0 Å². The topological polar surface area (TPSA) is 40.5 Å². The van der Waals surface area contributed by atoms with E-state index in [4.69, 9.17) is 0 Å². The van der Waals surface area contributed by atoms with Crippen molar-refractivity contribution in [2.24, 2.45) is 0 Å². The van der Waals surface area contributed by atoms with Crippen LogP contribution in [0.25, 0.3) is 0 Å². The van der Waals surface area contributed by atoms with E-state index >= 15 is 0 Å². The third-order valence-electron chi connectivity index (χ3n) is 4.17. The van der Waals surface area contributed by atoms with Crippen LogP contribution in [-0.2, 0) is 11.2 Å². The van der Waals surface area contributed by atoms with Crippen LogP contribution in [-0.4, -0.2) is 25.2 Å². The molecule has 0 fully saturated rings. The molecule has 122 valence electrons. The van der Waals surface area contributed by atoms with Crippen LogP contribution < -0.4 is 4.90 Å². The lowest BCUT2D eigenvalue weighted by molar-refractivity contribution is -0.138. The van der Waals surface area contributed by atoms with E-state index in [9.17, 15) is 9.90 Å². The molecule has 23 heavy (non-hydrogen) atoms. The molecule has 1 N–H and O–H groups in total. The lowest BCUT2D eigenvalue weighted by Crippen LogP contribution is -2.15. The zero-order valence-electron chi connectivity index (χ0n) is 14.3. The van der Waals surface area contributed by atoms with Crippen LogP contribution in [0.5, 0.6) is 0 Å². The molecule has 0 aromatic heterocycles. The Morgan fingerprint density at radius 1 is 1.04 bits per heavy atom. The summed E-state index contributed by atoms with van der Waals surface area (Å²) in [7, 11) is 3.97. The molecule has 0 spiro atoms. The number of nitrogens with zero attached hydrogens (tertiary/aromatic N) is 1. The van der Waals surface area contributed by atoms with Crippen molar-refractivity contribution in [3.05, 3.63) is 65.2 Å². The minimum atomic E-state index is -0.780. The van der Waals surface area contributed by atoms with Gasteiger partial charge >= 0.3 is 5.97 Å². The zero-order valence-corrected chi connectivity index (χ0v) is 14.3. The maximum absolute atomic E-state index is 11.7. The SMILES string of the molecule is CC(C)c1ccc(C(Cc2cccc(N(C)C)c2)C(=O)O)cc1. The third kappa shape index (κ3) is 4.35. The van der Waals surface area contributed by atoms with Crippen molar-refractivity contribution in [1.82, 2.24) is 0 Å². The Balaban J connectivity index is 2.25. The molecule has 0 radical (unpaired) electrons. The molecule has 2 rings (SSSR count). The molecule has 2 aromatic rings. The molecule has 1 unspecified atom stereocenters. The van der Waals surface area contributed by atoms with Gasteiger partial charge < -0.3 is 10.0 Å². The van der Waals surface area contributed by atoms with Crippen molar-refractivity contribution in [1.29, 1.82) is 0 Å². The monoisotopic (exact) mass is 311 g/mol. The minimum absolute atomic E-state index is 0.448. The predicted octanol–water partition coefficient (Wildman–Crippen LogP) is 4.29. The average molecular weight is 311 g/mol. The predicted molar refractivity (Wildman–Crippen MR) is 95.4 cm³/mol. The highest BCUT2D eigenvalue weighted by molar-refractivity contribution is 5.76. The normalized spacial score (nSPS) is 12.2. The third-order valence-corrected chi connectivity index (χ3v) is 4.17. The average Bonchev–Trinajstić information content (AvgIpc) is 2.52. The second-order valence-electron chi connectivity index (χ2n) is 6.48. The minimum Gasteiger partial charge on any atom is -0.481 e. The summed E-state index contributed by atoms with van der Waals surface area (Å²) in [4.78, 5) is 13.8. The second-order valence-corrected chi connectivity index (χ2v) is 6.48. The molecule has 3 heteroatoms. The first-order valence-electron chi connectivity index (χ1n) is 7.97. The van der Waals surface area contributed by atoms with E-state index in [1.165, 1.54) is 5.56 Å². The van der Waals surface area contributed by atoms with Gasteiger partial charge in [0.05, 0.1) is 5.92 Å². The molecule has 0 amide bonds. The molecule has 0 bridgehead atoms. The Morgan fingerprint density at radius 3 is 2.17 bits per heavy atom. The Hall–Kier alpha value is -2.29. The van der Waals surface area contributed by atoms with Crippen molar-refractivity contribution in [2.45, 2.75) is 32.1 Å². The standard InChI is InChI=1S/C20H25NO2/c1-14(2)16-8-10-17(11-9-16)19(20(22)23)13-15-6-5-7-18(12-15)21(3)4/h5-12,14,19H,13H2,1-4H3,(H,22,23). The summed E-state index contributed by atoms with van der Waals surface area (Å²) in [6.45, 7) is 4.27. The molecule has 2 aromatic carbocycles. The largest absolute Gasteiger partial charge is 0.481 e. The Morgan fingerprint density at radius 2 is 1.65 bits per heavy atom. The summed E-state index contributed by atoms with van der Waals surface area (Å²) in [6, 6.07) is 16.0. The number of rotatable bonds is 6. The Labute approximate surface area is 138 Å². The molecule has 0 saturated carbocycles. The van der Waals surface area contributed by atoms with E-state index < -0.39 is 11.9 Å². The summed E-state index contributed by atoms with van der Waals surface area (Å²) in [5, 5.41) is 9.63. The molecule has 0 aliphatic heterocycles. The Bertz CT molecular complexity index is 660. The molecule has 0 heterocycles. The van der Waals surface area contributed by atoms with Crippen LogP contribution in [0.4, 0.5) is 5.69 Å². The van der Waals surface area contributed by atoms with Crippen LogP contribution in [0.15, 0.2) is 48.5 Å². The number of carboxylic acids is 1. The fraction of sp³-hybridized carbons (Fsp3) is 0.350. The van der Waals surface area contributed by atoms with Crippen molar-refractivity contribution in [3.8, 4) is 0 Å². The molecular weight excluding hydrogens is 286 g/mol. The van der Waals surface area contributed by atoms with Gasteiger partial charge in [-0.1, -0.05) is 50.2 Å². The summed E-state index contributed by atoms with van der Waals surface area (Å²) in [5.74, 6) is -0.852. The molecule has 3 nitrogen and oxygen atoms in total. The second kappa shape index (κ2) is 7.32. The van der Waals surface area contributed by atoms with Crippen molar-refractivity contribution in [3.63, 3.8) is 0 Å². The molecule has 0 aliphatic carbocycles. The molecule has 1 atom stereocenters. The fourth-order valence-corrected chi connectivity index (χ4v) is 2.66. The van der Waals surface area contributed by atoms with E-state index in [2.05, 4.69) is 19.9 Å². The Kier molecular flexibility index (Phi) is 5.43. The highest BCUT2D eigenvalue weighted by Gasteiger charge is 2.20. The summed E-state index contributed by atoms with van der Waals surface area (Å²) in [6.07, 6.45) is 0.498. The van der Waals surface area contributed by atoms with E-state index in [1.807, 2.05) is 61.5 Å². The van der Waals surface area contributed by atoms with Crippen molar-refractivity contribution < 1.29 is 9.90 Å². The van der Waals surface area contributed by atoms with Crippen LogP contribution in [0.3, 0.4) is 0 Å². The van der Waals surface area contributed by atoms with Gasteiger partial charge in [0.25, 0.3) is 0 Å². The van der Waals surface area contributed by atoms with E-state index in [0.29, 0.717) is 12.3 Å². The van der Waals surface area contributed by atoms with Crippen LogP contribution in [0, 0.1) is 0 Å². The van der Waals surface area contributed by atoms with Crippen LogP contribution in [0.1, 0.15) is 42.4 Å². The summed E-state index contributed by atoms with van der Waals surface area (Å²) >= 11 is 0. The van der Waals surface area contributed by atoms with Gasteiger partial charge in [0.1, 0.15) is 0 Å². The van der Waals surface area contributed by atoms with Crippen LogP contribution >= 0.6 is 0 Å². The van der Waals surface area contributed by atoms with E-state index in [1.54, 1.807) is 0 Å². The number of hydrogen-bond donors (Lipinski definition) is 1. The van der Waals surface area contributed by atoms with Crippen molar-refractivity contribution in [2.75, 3.05) is 19.0 Å². The smallest absolute Gasteiger partial charge is 0.311 e. The first-order valence-corrected chi connectivity index (χ1v) is 7.97. The molecule has 0 aliphatic rings. The lowest BCUT2D eigenvalue weighted by Gasteiger charge is -2.17. The number of carbonyl (C=O) groups is 1. The number of anilines is 1. The molecule has 0 saturated heterocycles. The summed E-state index contributed by atoms with van der Waals surface area (Å²) < 4.78 is 0. The van der Waals surface area contributed by atoms with Gasteiger partial charge in [-0.05, 0) is 41.2 Å². The maximum atomic E-state index is 11.7. The van der Waals surface area contributed by atoms with Gasteiger partial charge in [0, 0.05) is 19.8 Å². The molecular formula is C20H25NO2. The number of aliphatic carboxylic acids is 1. The van der Waals surface area contributed by atoms with Gasteiger partial charge in [0.2, 0.25) is 0 Å². The maximum Gasteiger partial charge on any atom is 0.311 e. The zero-order chi connectivity index (χ0) is 17.0. The van der Waals surface area contributed by atoms with Gasteiger partial charge in [0.15, 0.2) is 0 Å². The first-order chi connectivity index (χ1) is 10.9. The number of benzene rings is 2. The highest BCUT2D eigenvalue weighted by atomic mass is 16.4. The summed E-state index contributed by atoms with van der Waals surface area (Å²) in [5.41, 5.74) is 4.21. The quantitative estimate of drug-likeness (QED) is 0.865. The van der Waals surface area contributed by atoms with Gasteiger partial charge in [-0.25, -0.2) is 0 Å². The highest BCUT2D eigenvalue weighted by Crippen LogP contribution is 2.25. The number of carboxylic acid groups (broad SMARTS) is 1. The van der Waals surface area contributed by atoms with Gasteiger partial charge in [-0.2, -0.15) is 0 Å². The van der Waals surface area contributed by atoms with Crippen LogP contribution in [0.2, 0.25) is 0 Å². The fourth-order valence-electron chi connectivity index (χ4n) is 2.66.